The molecule has 0 spiro atoms. The first-order valence-corrected chi connectivity index (χ1v) is 13.3. The monoisotopic (exact) mass is 612 g/mol. The van der Waals surface area contributed by atoms with Crippen LogP contribution in [-0.2, 0) is 13.1 Å². The number of fused-ring (bicyclic) bond motifs is 1. The van der Waals surface area contributed by atoms with Crippen molar-refractivity contribution in [3.8, 4) is 17.0 Å². The van der Waals surface area contributed by atoms with Gasteiger partial charge < -0.3 is 24.1 Å². The van der Waals surface area contributed by atoms with Crippen LogP contribution >= 0.6 is 22.6 Å². The zero-order valence-electron chi connectivity index (χ0n) is 21.1. The smallest absolute Gasteiger partial charge is 0.260 e. The molecule has 1 unspecified atom stereocenters. The van der Waals surface area contributed by atoms with Gasteiger partial charge in [-0.2, -0.15) is 0 Å². The molecule has 0 saturated carbocycles. The molecule has 3 heterocycles. The molecule has 9 heteroatoms. The van der Waals surface area contributed by atoms with Gasteiger partial charge in [-0.3, -0.25) is 4.79 Å². The second kappa shape index (κ2) is 10.7. The maximum absolute atomic E-state index is 12.5. The third-order valence-corrected chi connectivity index (χ3v) is 7.26. The minimum Gasteiger partial charge on any atom is -0.484 e. The fourth-order valence-corrected chi connectivity index (χ4v) is 4.95. The van der Waals surface area contributed by atoms with Crippen LogP contribution in [0.4, 0.5) is 5.82 Å². The number of anilines is 1. The molecule has 4 aromatic rings. The van der Waals surface area contributed by atoms with Crippen molar-refractivity contribution in [3.05, 3.63) is 71.7 Å². The summed E-state index contributed by atoms with van der Waals surface area (Å²) in [4.78, 5) is 23.5. The maximum Gasteiger partial charge on any atom is 0.260 e. The van der Waals surface area contributed by atoms with Crippen LogP contribution in [0.15, 0.2) is 59.2 Å². The number of halogens is 1. The molecule has 1 aliphatic rings. The minimum absolute atomic E-state index is 0.00376. The summed E-state index contributed by atoms with van der Waals surface area (Å²) in [5, 5.41) is 4.62. The number of nitrogens with one attached hydrogen (secondary N) is 1. The van der Waals surface area contributed by atoms with Crippen LogP contribution in [0.25, 0.3) is 22.2 Å². The van der Waals surface area contributed by atoms with E-state index in [1.165, 1.54) is 0 Å². The van der Waals surface area contributed by atoms with E-state index in [-0.39, 0.29) is 12.5 Å². The highest BCUT2D eigenvalue weighted by Gasteiger charge is 2.25. The first-order valence-electron chi connectivity index (χ1n) is 12.2. The number of carbonyl (C=O) groups is 1. The van der Waals surface area contributed by atoms with E-state index in [0.29, 0.717) is 37.9 Å². The van der Waals surface area contributed by atoms with Crippen molar-refractivity contribution in [2.45, 2.75) is 24.3 Å². The van der Waals surface area contributed by atoms with Gasteiger partial charge in [0.1, 0.15) is 26.5 Å². The highest BCUT2D eigenvalue weighted by atomic mass is 127. The lowest BCUT2D eigenvalue weighted by molar-refractivity contribution is -0.137. The normalized spacial score (nSPS) is 15.4. The Kier molecular flexibility index (Phi) is 7.34. The van der Waals surface area contributed by atoms with Crippen molar-refractivity contribution in [3.63, 3.8) is 0 Å². The average molecular weight is 612 g/mol. The number of rotatable bonds is 7. The van der Waals surface area contributed by atoms with Gasteiger partial charge in [0.15, 0.2) is 6.61 Å². The first-order chi connectivity index (χ1) is 17.8. The molecular weight excluding hydrogens is 583 g/mol. The van der Waals surface area contributed by atoms with Gasteiger partial charge in [0.05, 0.1) is 25.2 Å². The largest absolute Gasteiger partial charge is 0.484 e. The van der Waals surface area contributed by atoms with Crippen LogP contribution in [-0.4, -0.2) is 53.7 Å². The third kappa shape index (κ3) is 5.88. The van der Waals surface area contributed by atoms with Gasteiger partial charge in [-0.05, 0) is 84.8 Å². The number of amides is 1. The maximum atomic E-state index is 12.5. The predicted octanol–water partition coefficient (Wildman–Crippen LogP) is 5.46. The zero-order chi connectivity index (χ0) is 26.0. The molecule has 1 fully saturated rings. The Labute approximate surface area is 229 Å². The number of hydrogen-bond acceptors (Lipinski definition) is 7. The Hall–Kier alpha value is -3.18. The fraction of sp³-hybridized carbons (Fsp3) is 0.321. The number of aryl methyl sites for hydroxylation is 2. The van der Waals surface area contributed by atoms with Crippen LogP contribution in [0.2, 0.25) is 0 Å². The minimum atomic E-state index is -0.492. The van der Waals surface area contributed by atoms with E-state index in [9.17, 15) is 4.79 Å². The van der Waals surface area contributed by atoms with Crippen LogP contribution in [0, 0.1) is 13.8 Å². The van der Waals surface area contributed by atoms with E-state index >= 15 is 0 Å². The van der Waals surface area contributed by atoms with E-state index in [2.05, 4.69) is 50.9 Å². The summed E-state index contributed by atoms with van der Waals surface area (Å²) in [6.07, 6.45) is 1.77. The third-order valence-electron chi connectivity index (χ3n) is 6.37. The molecular formula is C28H29IN4O4. The second-order valence-corrected chi connectivity index (χ2v) is 11.4. The van der Waals surface area contributed by atoms with E-state index in [1.807, 2.05) is 56.3 Å². The number of furan rings is 1. The van der Waals surface area contributed by atoms with Gasteiger partial charge in [0, 0.05) is 30.1 Å². The summed E-state index contributed by atoms with van der Waals surface area (Å²) in [6.45, 7) is 8.35. The second-order valence-electron chi connectivity index (χ2n) is 9.25. The summed E-state index contributed by atoms with van der Waals surface area (Å²) < 4.78 is 16.3. The van der Waals surface area contributed by atoms with Gasteiger partial charge in [0.25, 0.3) is 5.91 Å². The van der Waals surface area contributed by atoms with Gasteiger partial charge in [-0.15, -0.1) is 0 Å². The van der Waals surface area contributed by atoms with Crippen molar-refractivity contribution in [1.82, 2.24) is 14.9 Å². The molecule has 1 amide bonds. The van der Waals surface area contributed by atoms with Crippen LogP contribution < -0.4 is 10.1 Å². The molecule has 0 radical (unpaired) electrons. The molecule has 2 aromatic carbocycles. The molecule has 0 aliphatic carbocycles. The molecule has 37 heavy (non-hydrogen) atoms. The number of carbonyl (C=O) groups excluding carboxylic acids is 1. The Balaban J connectivity index is 1.32. The standard InChI is InChI=1S/C28H29IN4O4/c1-18-16-37-25-8-7-20(13-23(18)25)24-15-26(31-19(2)30-24)32-28(3,29)21-5-4-6-22(14-21)36-17-27(34)33-9-11-35-12-10-33/h4-8,13-16H,9-12,17H2,1-3H3,(H,30,31,32). The average Bonchev–Trinajstić information content (AvgIpc) is 3.27. The number of hydrogen-bond donors (Lipinski definition) is 1. The summed E-state index contributed by atoms with van der Waals surface area (Å²) in [6, 6.07) is 15.8. The Morgan fingerprint density at radius 3 is 2.76 bits per heavy atom. The van der Waals surface area contributed by atoms with Gasteiger partial charge >= 0.3 is 0 Å². The topological polar surface area (TPSA) is 89.7 Å². The molecule has 5 rings (SSSR count). The van der Waals surface area contributed by atoms with Crippen molar-refractivity contribution in [1.29, 1.82) is 0 Å². The Morgan fingerprint density at radius 1 is 1.14 bits per heavy atom. The molecule has 1 saturated heterocycles. The summed E-state index contributed by atoms with van der Waals surface area (Å²) >= 11 is 2.36. The molecule has 1 N–H and O–H groups in total. The van der Waals surface area contributed by atoms with Crippen LogP contribution in [0.5, 0.6) is 5.75 Å². The Bertz CT molecular complexity index is 1430. The first kappa shape index (κ1) is 25.5. The molecule has 2 aromatic heterocycles. The van der Waals surface area contributed by atoms with Crippen molar-refractivity contribution in [2.75, 3.05) is 38.2 Å². The lowest BCUT2D eigenvalue weighted by atomic mass is 10.1. The summed E-state index contributed by atoms with van der Waals surface area (Å²) in [5.74, 6) is 2.01. The number of aromatic nitrogens is 2. The van der Waals surface area contributed by atoms with Gasteiger partial charge in [-0.25, -0.2) is 9.97 Å². The van der Waals surface area contributed by atoms with Gasteiger partial charge in [-0.1, -0.05) is 12.1 Å². The summed E-state index contributed by atoms with van der Waals surface area (Å²) in [7, 11) is 0. The SMILES string of the molecule is Cc1nc(NC(C)(I)c2cccc(OCC(=O)N3CCOCC3)c2)cc(-c2ccc3occ(C)c3c2)n1. The van der Waals surface area contributed by atoms with E-state index in [0.717, 1.165) is 39.2 Å². The Morgan fingerprint density at radius 2 is 1.95 bits per heavy atom. The van der Waals surface area contributed by atoms with E-state index < -0.39 is 3.55 Å². The number of morpholine rings is 1. The number of ether oxygens (including phenoxy) is 2. The van der Waals surface area contributed by atoms with Crippen LogP contribution in [0.3, 0.4) is 0 Å². The quantitative estimate of drug-likeness (QED) is 0.168. The van der Waals surface area contributed by atoms with Crippen molar-refractivity contribution in [2.24, 2.45) is 0 Å². The van der Waals surface area contributed by atoms with Crippen molar-refractivity contribution < 1.29 is 18.7 Å². The lowest BCUT2D eigenvalue weighted by Gasteiger charge is -2.27. The number of nitrogens with zero attached hydrogens (tertiary/aromatic N) is 3. The van der Waals surface area contributed by atoms with Gasteiger partial charge in [0.2, 0.25) is 0 Å². The molecule has 1 atom stereocenters. The number of alkyl halides is 1. The highest BCUT2D eigenvalue weighted by molar-refractivity contribution is 14.1. The highest BCUT2D eigenvalue weighted by Crippen LogP contribution is 2.35. The number of benzene rings is 2. The molecule has 8 nitrogen and oxygen atoms in total. The zero-order valence-corrected chi connectivity index (χ0v) is 23.2. The predicted molar refractivity (Wildman–Crippen MR) is 151 cm³/mol. The lowest BCUT2D eigenvalue weighted by Crippen LogP contribution is -2.43. The molecule has 0 bridgehead atoms. The molecule has 192 valence electrons. The van der Waals surface area contributed by atoms with Crippen molar-refractivity contribution >= 4 is 45.3 Å². The van der Waals surface area contributed by atoms with E-state index in [1.54, 1.807) is 11.2 Å². The molecule has 1 aliphatic heterocycles. The fourth-order valence-electron chi connectivity index (χ4n) is 4.33. The van der Waals surface area contributed by atoms with E-state index in [4.69, 9.17) is 13.9 Å². The van der Waals surface area contributed by atoms with Crippen LogP contribution in [0.1, 0.15) is 23.9 Å². The summed E-state index contributed by atoms with van der Waals surface area (Å²) in [5.41, 5.74) is 4.79.